The Labute approximate surface area is 202 Å². The zero-order valence-corrected chi connectivity index (χ0v) is 19.4. The molecular formula is C26H20F3N3O2S. The first-order valence-corrected chi connectivity index (χ1v) is 11.9. The van der Waals surface area contributed by atoms with Gasteiger partial charge in [0, 0.05) is 16.7 Å². The van der Waals surface area contributed by atoms with E-state index in [4.69, 9.17) is 9.72 Å². The quantitative estimate of drug-likeness (QED) is 0.214. The Hall–Kier alpha value is -3.72. The van der Waals surface area contributed by atoms with Gasteiger partial charge in [-0.25, -0.2) is 4.98 Å². The van der Waals surface area contributed by atoms with Crippen LogP contribution in [0.15, 0.2) is 82.7 Å². The van der Waals surface area contributed by atoms with Crippen LogP contribution in [0, 0.1) is 0 Å². The third-order valence-electron chi connectivity index (χ3n) is 5.52. The van der Waals surface area contributed by atoms with Crippen LogP contribution in [0.25, 0.3) is 27.6 Å². The van der Waals surface area contributed by atoms with Crippen molar-refractivity contribution < 1.29 is 17.9 Å². The van der Waals surface area contributed by atoms with Gasteiger partial charge in [0.25, 0.3) is 5.56 Å². The summed E-state index contributed by atoms with van der Waals surface area (Å²) in [5, 5.41) is 1.19. The second-order valence-electron chi connectivity index (χ2n) is 7.84. The summed E-state index contributed by atoms with van der Waals surface area (Å²) in [6.45, 7) is 2.40. The number of aromatic nitrogens is 3. The lowest BCUT2D eigenvalue weighted by atomic mass is 10.1. The average Bonchev–Trinajstić information content (AvgIpc) is 3.22. The fourth-order valence-electron chi connectivity index (χ4n) is 3.91. The van der Waals surface area contributed by atoms with Crippen molar-refractivity contribution in [3.63, 3.8) is 0 Å². The Kier molecular flexibility index (Phi) is 6.02. The van der Waals surface area contributed by atoms with E-state index < -0.39 is 11.7 Å². The van der Waals surface area contributed by atoms with Crippen molar-refractivity contribution in [1.82, 2.24) is 14.5 Å². The van der Waals surface area contributed by atoms with Crippen molar-refractivity contribution in [3.05, 3.63) is 94.3 Å². The molecule has 1 N–H and O–H groups in total. The zero-order valence-electron chi connectivity index (χ0n) is 18.6. The fourth-order valence-corrected chi connectivity index (χ4v) is 4.86. The smallest absolute Gasteiger partial charge is 0.416 e. The van der Waals surface area contributed by atoms with Gasteiger partial charge in [0.2, 0.25) is 0 Å². The van der Waals surface area contributed by atoms with Gasteiger partial charge in [0.15, 0.2) is 5.16 Å². The number of nitrogens with one attached hydrogen (secondary N) is 1. The van der Waals surface area contributed by atoms with Gasteiger partial charge in [0.1, 0.15) is 16.8 Å². The highest BCUT2D eigenvalue weighted by Crippen LogP contribution is 2.32. The number of thioether (sulfide) groups is 1. The molecule has 0 aliphatic rings. The molecule has 0 fully saturated rings. The molecule has 0 atom stereocenters. The lowest BCUT2D eigenvalue weighted by Crippen LogP contribution is -2.21. The number of halogens is 3. The number of aromatic amines is 1. The van der Waals surface area contributed by atoms with Crippen LogP contribution in [0.2, 0.25) is 0 Å². The maximum atomic E-state index is 13.6. The van der Waals surface area contributed by atoms with Crippen LogP contribution in [-0.4, -0.2) is 21.1 Å². The standard InChI is InChI=1S/C26H20F3N3O2S/c1-2-34-19-12-10-18(11-13-19)32-24(33)23-22(20-8-3-4-9-21(20)30-23)31-25(32)35-15-16-6-5-7-17(14-16)26(27,28)29/h3-14,30H,2,15H2,1H3. The number of rotatable bonds is 6. The van der Waals surface area contributed by atoms with E-state index in [0.29, 0.717) is 39.8 Å². The van der Waals surface area contributed by atoms with Gasteiger partial charge in [-0.05, 0) is 48.9 Å². The molecule has 9 heteroatoms. The van der Waals surface area contributed by atoms with Crippen LogP contribution in [0.4, 0.5) is 13.2 Å². The lowest BCUT2D eigenvalue weighted by molar-refractivity contribution is -0.137. The molecular weight excluding hydrogens is 475 g/mol. The average molecular weight is 496 g/mol. The predicted molar refractivity (Wildman–Crippen MR) is 131 cm³/mol. The normalized spacial score (nSPS) is 11.9. The van der Waals surface area contributed by atoms with E-state index in [-0.39, 0.29) is 11.3 Å². The number of fused-ring (bicyclic) bond motifs is 3. The van der Waals surface area contributed by atoms with E-state index in [1.165, 1.54) is 22.4 Å². The molecule has 0 saturated heterocycles. The largest absolute Gasteiger partial charge is 0.494 e. The molecule has 0 spiro atoms. The Bertz CT molecular complexity index is 1570. The van der Waals surface area contributed by atoms with Crippen molar-refractivity contribution >= 4 is 33.7 Å². The minimum Gasteiger partial charge on any atom is -0.494 e. The summed E-state index contributed by atoms with van der Waals surface area (Å²) in [6.07, 6.45) is -4.42. The van der Waals surface area contributed by atoms with E-state index in [9.17, 15) is 18.0 Å². The highest BCUT2D eigenvalue weighted by atomic mass is 32.2. The first kappa shape index (κ1) is 23.0. The molecule has 35 heavy (non-hydrogen) atoms. The summed E-state index contributed by atoms with van der Waals surface area (Å²) in [5.41, 5.74) is 1.74. The lowest BCUT2D eigenvalue weighted by Gasteiger charge is -2.13. The number of para-hydroxylation sites is 1. The highest BCUT2D eigenvalue weighted by molar-refractivity contribution is 7.98. The van der Waals surface area contributed by atoms with Crippen LogP contribution < -0.4 is 10.3 Å². The maximum absolute atomic E-state index is 13.6. The van der Waals surface area contributed by atoms with E-state index in [1.54, 1.807) is 30.3 Å². The molecule has 178 valence electrons. The summed E-state index contributed by atoms with van der Waals surface area (Å²) in [7, 11) is 0. The summed E-state index contributed by atoms with van der Waals surface area (Å²) < 4.78 is 46.5. The number of hydrogen-bond donors (Lipinski definition) is 1. The van der Waals surface area contributed by atoms with Gasteiger partial charge in [-0.2, -0.15) is 13.2 Å². The van der Waals surface area contributed by atoms with Gasteiger partial charge in [-0.3, -0.25) is 9.36 Å². The van der Waals surface area contributed by atoms with Crippen molar-refractivity contribution in [1.29, 1.82) is 0 Å². The second kappa shape index (κ2) is 9.14. The molecule has 0 aliphatic carbocycles. The molecule has 0 bridgehead atoms. The van der Waals surface area contributed by atoms with Crippen LogP contribution in [0.3, 0.4) is 0 Å². The Morgan fingerprint density at radius 3 is 2.54 bits per heavy atom. The number of ether oxygens (including phenoxy) is 1. The number of hydrogen-bond acceptors (Lipinski definition) is 4. The fraction of sp³-hybridized carbons (Fsp3) is 0.154. The molecule has 0 amide bonds. The summed E-state index contributed by atoms with van der Waals surface area (Å²) in [5.74, 6) is 0.878. The monoisotopic (exact) mass is 495 g/mol. The minimum atomic E-state index is -4.42. The molecule has 0 radical (unpaired) electrons. The van der Waals surface area contributed by atoms with Crippen LogP contribution in [0.1, 0.15) is 18.1 Å². The van der Waals surface area contributed by atoms with E-state index in [2.05, 4.69) is 4.98 Å². The predicted octanol–water partition coefficient (Wildman–Crippen LogP) is 6.58. The summed E-state index contributed by atoms with van der Waals surface area (Å²) in [4.78, 5) is 21.6. The van der Waals surface area contributed by atoms with Gasteiger partial charge >= 0.3 is 6.18 Å². The number of alkyl halides is 3. The van der Waals surface area contributed by atoms with Gasteiger partial charge in [-0.15, -0.1) is 0 Å². The molecule has 0 unspecified atom stereocenters. The van der Waals surface area contributed by atoms with E-state index in [0.717, 1.165) is 23.0 Å². The molecule has 5 nitrogen and oxygen atoms in total. The maximum Gasteiger partial charge on any atom is 0.416 e. The molecule has 3 aromatic carbocycles. The highest BCUT2D eigenvalue weighted by Gasteiger charge is 2.30. The zero-order chi connectivity index (χ0) is 24.6. The Balaban J connectivity index is 1.62. The second-order valence-corrected chi connectivity index (χ2v) is 8.79. The number of nitrogens with zero attached hydrogens (tertiary/aromatic N) is 2. The molecule has 0 saturated carbocycles. The van der Waals surface area contributed by atoms with E-state index in [1.807, 2.05) is 31.2 Å². The van der Waals surface area contributed by atoms with E-state index >= 15 is 0 Å². The first-order valence-electron chi connectivity index (χ1n) is 10.9. The Morgan fingerprint density at radius 1 is 1.03 bits per heavy atom. The van der Waals surface area contributed by atoms with Gasteiger partial charge in [-0.1, -0.05) is 48.2 Å². The SMILES string of the molecule is CCOc1ccc(-n2c(SCc3cccc(C(F)(F)F)c3)nc3c([nH]c4ccccc43)c2=O)cc1. The number of benzene rings is 3. The van der Waals surface area contributed by atoms with Crippen LogP contribution in [0.5, 0.6) is 5.75 Å². The van der Waals surface area contributed by atoms with Crippen LogP contribution >= 0.6 is 11.8 Å². The van der Waals surface area contributed by atoms with Crippen molar-refractivity contribution in [2.45, 2.75) is 24.0 Å². The summed E-state index contributed by atoms with van der Waals surface area (Å²) >= 11 is 1.21. The third kappa shape index (κ3) is 4.51. The first-order chi connectivity index (χ1) is 16.8. The molecule has 2 aromatic heterocycles. The van der Waals surface area contributed by atoms with Crippen molar-refractivity contribution in [3.8, 4) is 11.4 Å². The van der Waals surface area contributed by atoms with Crippen LogP contribution in [-0.2, 0) is 11.9 Å². The minimum absolute atomic E-state index is 0.210. The summed E-state index contributed by atoms with van der Waals surface area (Å²) in [6, 6.07) is 19.7. The molecule has 5 rings (SSSR count). The Morgan fingerprint density at radius 2 is 1.80 bits per heavy atom. The van der Waals surface area contributed by atoms with Gasteiger partial charge < -0.3 is 9.72 Å². The van der Waals surface area contributed by atoms with Gasteiger partial charge in [0.05, 0.1) is 17.9 Å². The third-order valence-corrected chi connectivity index (χ3v) is 6.53. The molecule has 5 aromatic rings. The van der Waals surface area contributed by atoms with Crippen molar-refractivity contribution in [2.24, 2.45) is 0 Å². The topological polar surface area (TPSA) is 59.9 Å². The number of H-pyrrole nitrogens is 1. The molecule has 0 aliphatic heterocycles. The van der Waals surface area contributed by atoms with Crippen molar-refractivity contribution in [2.75, 3.05) is 6.61 Å². The molecule has 2 heterocycles.